The molecular weight excluding hydrogens is 256 g/mol. The number of thioether (sulfide) groups is 1. The van der Waals surface area contributed by atoms with Crippen LogP contribution in [0.2, 0.25) is 0 Å². The number of hydrogen-bond acceptors (Lipinski definition) is 7. The molecule has 2 aliphatic heterocycles. The van der Waals surface area contributed by atoms with Gasteiger partial charge in [-0.1, -0.05) is 17.8 Å². The third-order valence-electron chi connectivity index (χ3n) is 2.97. The molecule has 5 atom stereocenters. The minimum atomic E-state index is -1.01. The third kappa shape index (κ3) is 2.70. The fourth-order valence-electron chi connectivity index (χ4n) is 2.04. The van der Waals surface area contributed by atoms with Gasteiger partial charge in [-0.3, -0.25) is 4.99 Å². The number of hydrogen-bond donors (Lipinski definition) is 4. The number of aliphatic imine (C=N–C) groups is 1. The average molecular weight is 274 g/mol. The lowest BCUT2D eigenvalue weighted by Crippen LogP contribution is -2.54. The highest BCUT2D eigenvalue weighted by Crippen LogP contribution is 2.36. The van der Waals surface area contributed by atoms with E-state index >= 15 is 0 Å². The van der Waals surface area contributed by atoms with E-state index in [0.717, 1.165) is 0 Å². The van der Waals surface area contributed by atoms with E-state index in [2.05, 4.69) is 16.9 Å². The summed E-state index contributed by atoms with van der Waals surface area (Å²) in [6.07, 6.45) is -0.506. The Kier molecular flexibility index (Phi) is 4.63. The highest BCUT2D eigenvalue weighted by atomic mass is 32.2. The molecule has 1 fully saturated rings. The lowest BCUT2D eigenvalue weighted by molar-refractivity contribution is -0.156. The van der Waals surface area contributed by atoms with Gasteiger partial charge in [-0.15, -0.1) is 6.58 Å². The molecule has 0 aliphatic carbocycles. The molecule has 102 valence electrons. The lowest BCUT2D eigenvalue weighted by Gasteiger charge is -2.38. The summed E-state index contributed by atoms with van der Waals surface area (Å²) in [5, 5.41) is 32.5. The summed E-state index contributed by atoms with van der Waals surface area (Å²) in [6, 6.07) is -0.466. The molecule has 0 aromatic heterocycles. The molecular formula is C11H18N2O4S. The van der Waals surface area contributed by atoms with Gasteiger partial charge < -0.3 is 25.4 Å². The highest BCUT2D eigenvalue weighted by molar-refractivity contribution is 8.14. The SMILES string of the molecule is C=CCNC1=N[C@@H]2[C@@H](O)[C@H](O)[C@@H](CCO)O[C@@H]2S1. The van der Waals surface area contributed by atoms with E-state index in [4.69, 9.17) is 9.84 Å². The fourth-order valence-corrected chi connectivity index (χ4v) is 3.17. The number of rotatable bonds is 4. The van der Waals surface area contributed by atoms with Gasteiger partial charge in [0.2, 0.25) is 0 Å². The summed E-state index contributed by atoms with van der Waals surface area (Å²) in [6.45, 7) is 4.10. The molecule has 6 nitrogen and oxygen atoms in total. The standard InChI is InChI=1S/C11H18N2O4S/c1-2-4-12-11-13-7-9(16)8(15)6(3-5-14)17-10(7)18-11/h2,6-10,14-16H,1,3-5H2,(H,12,13)/t6-,7-,8-,9-,10-/m1/s1. The summed E-state index contributed by atoms with van der Waals surface area (Å²) in [4.78, 5) is 4.30. The number of aliphatic hydroxyl groups is 3. The normalized spacial score (nSPS) is 39.1. The first-order valence-electron chi connectivity index (χ1n) is 5.89. The van der Waals surface area contributed by atoms with Gasteiger partial charge in [0, 0.05) is 13.2 Å². The van der Waals surface area contributed by atoms with Crippen molar-refractivity contribution < 1.29 is 20.1 Å². The molecule has 1 saturated heterocycles. The maximum absolute atomic E-state index is 10.0. The molecule has 2 heterocycles. The van der Waals surface area contributed by atoms with E-state index in [1.54, 1.807) is 6.08 Å². The molecule has 4 N–H and O–H groups in total. The Morgan fingerprint density at radius 3 is 2.89 bits per heavy atom. The van der Waals surface area contributed by atoms with E-state index in [9.17, 15) is 10.2 Å². The zero-order chi connectivity index (χ0) is 13.1. The van der Waals surface area contributed by atoms with Crippen LogP contribution in [0.25, 0.3) is 0 Å². The predicted octanol–water partition coefficient (Wildman–Crippen LogP) is -0.938. The van der Waals surface area contributed by atoms with Crippen LogP contribution in [-0.4, -0.2) is 63.4 Å². The van der Waals surface area contributed by atoms with Crippen LogP contribution in [0.5, 0.6) is 0 Å². The van der Waals surface area contributed by atoms with Crippen LogP contribution in [0.15, 0.2) is 17.6 Å². The van der Waals surface area contributed by atoms with Crippen molar-refractivity contribution in [1.82, 2.24) is 5.32 Å². The van der Waals surface area contributed by atoms with Crippen molar-refractivity contribution in [1.29, 1.82) is 0 Å². The van der Waals surface area contributed by atoms with Crippen LogP contribution in [0.3, 0.4) is 0 Å². The second kappa shape index (κ2) is 6.03. The average Bonchev–Trinajstić information content (AvgIpc) is 2.76. The molecule has 0 unspecified atom stereocenters. The van der Waals surface area contributed by atoms with E-state index in [0.29, 0.717) is 18.1 Å². The maximum atomic E-state index is 10.0. The largest absolute Gasteiger partial charge is 0.396 e. The van der Waals surface area contributed by atoms with Crippen molar-refractivity contribution >= 4 is 16.9 Å². The Hall–Kier alpha value is -0.600. The highest BCUT2D eigenvalue weighted by Gasteiger charge is 2.47. The Labute approximate surface area is 110 Å². The van der Waals surface area contributed by atoms with Crippen LogP contribution in [0.1, 0.15) is 6.42 Å². The van der Waals surface area contributed by atoms with Gasteiger partial charge in [0.25, 0.3) is 0 Å². The summed E-state index contributed by atoms with van der Waals surface area (Å²) in [7, 11) is 0. The molecule has 18 heavy (non-hydrogen) atoms. The van der Waals surface area contributed by atoms with Crippen molar-refractivity contribution in [2.45, 2.75) is 36.2 Å². The van der Waals surface area contributed by atoms with Gasteiger partial charge >= 0.3 is 0 Å². The lowest BCUT2D eigenvalue weighted by atomic mass is 9.96. The molecule has 0 radical (unpaired) electrons. The van der Waals surface area contributed by atoms with Crippen molar-refractivity contribution in [3.8, 4) is 0 Å². The fraction of sp³-hybridized carbons (Fsp3) is 0.727. The van der Waals surface area contributed by atoms with Crippen molar-refractivity contribution in [2.24, 2.45) is 4.99 Å². The van der Waals surface area contributed by atoms with Crippen LogP contribution in [0.4, 0.5) is 0 Å². The molecule has 0 saturated carbocycles. The van der Waals surface area contributed by atoms with Crippen molar-refractivity contribution in [3.05, 3.63) is 12.7 Å². The molecule has 2 aliphatic rings. The summed E-state index contributed by atoms with van der Waals surface area (Å²) in [5.74, 6) is 0. The number of amidine groups is 1. The molecule has 0 aromatic carbocycles. The Morgan fingerprint density at radius 1 is 1.44 bits per heavy atom. The van der Waals surface area contributed by atoms with Crippen LogP contribution < -0.4 is 5.32 Å². The quantitative estimate of drug-likeness (QED) is 0.495. The molecule has 0 spiro atoms. The minimum absolute atomic E-state index is 0.0844. The zero-order valence-corrected chi connectivity index (χ0v) is 10.7. The van der Waals surface area contributed by atoms with Gasteiger partial charge in [0.1, 0.15) is 23.7 Å². The second-order valence-corrected chi connectivity index (χ2v) is 5.34. The number of nitrogens with zero attached hydrogens (tertiary/aromatic N) is 1. The van der Waals surface area contributed by atoms with Crippen molar-refractivity contribution in [2.75, 3.05) is 13.2 Å². The van der Waals surface area contributed by atoms with Gasteiger partial charge in [-0.25, -0.2) is 0 Å². The van der Waals surface area contributed by atoms with Crippen LogP contribution in [0, 0.1) is 0 Å². The van der Waals surface area contributed by atoms with Gasteiger partial charge in [-0.05, 0) is 6.42 Å². The van der Waals surface area contributed by atoms with Gasteiger partial charge in [0.05, 0.1) is 6.10 Å². The van der Waals surface area contributed by atoms with Crippen LogP contribution >= 0.6 is 11.8 Å². The smallest absolute Gasteiger partial charge is 0.159 e. The molecule has 0 amide bonds. The maximum Gasteiger partial charge on any atom is 0.159 e. The first-order chi connectivity index (χ1) is 8.67. The molecule has 2 rings (SSSR count). The van der Waals surface area contributed by atoms with Gasteiger partial charge in [0.15, 0.2) is 5.17 Å². The molecule has 0 aromatic rings. The Morgan fingerprint density at radius 2 is 2.22 bits per heavy atom. The number of ether oxygens (including phenoxy) is 1. The zero-order valence-electron chi connectivity index (χ0n) is 9.90. The second-order valence-electron chi connectivity index (χ2n) is 4.25. The number of nitrogens with one attached hydrogen (secondary N) is 1. The number of aliphatic hydroxyl groups excluding tert-OH is 3. The van der Waals surface area contributed by atoms with Crippen LogP contribution in [-0.2, 0) is 4.74 Å². The van der Waals surface area contributed by atoms with E-state index in [-0.39, 0.29) is 12.0 Å². The topological polar surface area (TPSA) is 94.3 Å². The minimum Gasteiger partial charge on any atom is -0.396 e. The third-order valence-corrected chi connectivity index (χ3v) is 4.07. The monoisotopic (exact) mass is 274 g/mol. The van der Waals surface area contributed by atoms with Gasteiger partial charge in [-0.2, -0.15) is 0 Å². The first kappa shape index (κ1) is 13.8. The Balaban J connectivity index is 2.01. The number of fused-ring (bicyclic) bond motifs is 1. The molecule has 7 heteroatoms. The Bertz CT molecular complexity index is 339. The van der Waals surface area contributed by atoms with E-state index in [1.165, 1.54) is 11.8 Å². The van der Waals surface area contributed by atoms with E-state index < -0.39 is 24.4 Å². The molecule has 0 bridgehead atoms. The van der Waals surface area contributed by atoms with Crippen molar-refractivity contribution in [3.63, 3.8) is 0 Å². The predicted molar refractivity (Wildman–Crippen MR) is 69.4 cm³/mol. The summed E-state index contributed by atoms with van der Waals surface area (Å²) < 4.78 is 5.66. The summed E-state index contributed by atoms with van der Waals surface area (Å²) in [5.41, 5.74) is -0.313. The van der Waals surface area contributed by atoms with E-state index in [1.807, 2.05) is 0 Å². The summed E-state index contributed by atoms with van der Waals surface area (Å²) >= 11 is 1.39. The first-order valence-corrected chi connectivity index (χ1v) is 6.77.